The highest BCUT2D eigenvalue weighted by molar-refractivity contribution is 8.00. The molecule has 0 N–H and O–H groups in total. The molecule has 0 spiro atoms. The number of thioether (sulfide) groups is 1. The second-order valence-corrected chi connectivity index (χ2v) is 6.56. The van der Waals surface area contributed by atoms with Gasteiger partial charge in [0, 0.05) is 26.5 Å². The molecule has 5 heteroatoms. The topological polar surface area (TPSA) is 38.1 Å². The molecule has 2 heterocycles. The summed E-state index contributed by atoms with van der Waals surface area (Å²) in [7, 11) is 3.81. The smallest absolute Gasteiger partial charge is 0.240 e. The molecule has 0 saturated heterocycles. The Labute approximate surface area is 129 Å². The van der Waals surface area contributed by atoms with Crippen molar-refractivity contribution in [3.63, 3.8) is 0 Å². The van der Waals surface area contributed by atoms with E-state index in [0.717, 1.165) is 18.0 Å². The molecule has 1 aliphatic rings. The number of hydrogen-bond donors (Lipinski definition) is 0. The summed E-state index contributed by atoms with van der Waals surface area (Å²) in [5.41, 5.74) is 2.48. The highest BCUT2D eigenvalue weighted by atomic mass is 32.2. The fraction of sp³-hybridized carbons (Fsp3) is 0.375. The Morgan fingerprint density at radius 2 is 2.29 bits per heavy atom. The van der Waals surface area contributed by atoms with E-state index in [9.17, 15) is 4.79 Å². The summed E-state index contributed by atoms with van der Waals surface area (Å²) in [6.45, 7) is 0.543. The van der Waals surface area contributed by atoms with Crippen LogP contribution in [0.3, 0.4) is 0 Å². The van der Waals surface area contributed by atoms with Gasteiger partial charge in [0.15, 0.2) is 0 Å². The van der Waals surface area contributed by atoms with Gasteiger partial charge in [-0.2, -0.15) is 0 Å². The van der Waals surface area contributed by atoms with Gasteiger partial charge in [0.1, 0.15) is 11.1 Å². The summed E-state index contributed by atoms with van der Waals surface area (Å²) >= 11 is 1.74. The van der Waals surface area contributed by atoms with Crippen molar-refractivity contribution in [1.82, 2.24) is 14.5 Å². The van der Waals surface area contributed by atoms with E-state index in [2.05, 4.69) is 17.1 Å². The molecule has 0 saturated carbocycles. The third-order valence-corrected chi connectivity index (χ3v) is 5.12. The number of hydrogen-bond acceptors (Lipinski definition) is 3. The van der Waals surface area contributed by atoms with Crippen LogP contribution in [-0.2, 0) is 24.8 Å². The van der Waals surface area contributed by atoms with Crippen LogP contribution in [0.25, 0.3) is 0 Å². The molecule has 1 aromatic carbocycles. The number of carbonyl (C=O) groups is 1. The third-order valence-electron chi connectivity index (χ3n) is 3.89. The maximum Gasteiger partial charge on any atom is 0.240 e. The predicted octanol–water partition coefficient (Wildman–Crippen LogP) is 2.41. The number of benzene rings is 1. The Morgan fingerprint density at radius 1 is 1.48 bits per heavy atom. The van der Waals surface area contributed by atoms with Crippen LogP contribution < -0.4 is 0 Å². The van der Waals surface area contributed by atoms with Gasteiger partial charge in [-0.3, -0.25) is 4.79 Å². The Kier molecular flexibility index (Phi) is 4.01. The van der Waals surface area contributed by atoms with E-state index in [1.165, 1.54) is 11.1 Å². The predicted molar refractivity (Wildman–Crippen MR) is 85.0 cm³/mol. The van der Waals surface area contributed by atoms with Gasteiger partial charge in [-0.15, -0.1) is 11.8 Å². The molecule has 21 heavy (non-hydrogen) atoms. The van der Waals surface area contributed by atoms with Gasteiger partial charge >= 0.3 is 0 Å². The van der Waals surface area contributed by atoms with Crippen molar-refractivity contribution in [2.75, 3.05) is 12.8 Å². The van der Waals surface area contributed by atoms with Crippen LogP contribution in [0.1, 0.15) is 22.2 Å². The summed E-state index contributed by atoms with van der Waals surface area (Å²) in [5.74, 6) is 2.07. The summed E-state index contributed by atoms with van der Waals surface area (Å²) < 4.78 is 1.95. The zero-order valence-electron chi connectivity index (χ0n) is 12.3. The van der Waals surface area contributed by atoms with Crippen LogP contribution >= 0.6 is 11.8 Å². The maximum absolute atomic E-state index is 12.8. The van der Waals surface area contributed by atoms with E-state index >= 15 is 0 Å². The highest BCUT2D eigenvalue weighted by Crippen LogP contribution is 2.37. The standard InChI is InChI=1S/C16H19N3OS/c1-18-9-8-17-14(18)11-19(2)16(20)15-13-6-4-3-5-12(13)7-10-21-15/h3-6,8-9,15H,7,10-11H2,1-2H3/t15-/m1/s1. The normalized spacial score (nSPS) is 17.3. The first-order valence-electron chi connectivity index (χ1n) is 7.07. The molecule has 0 unspecified atom stereocenters. The number of amides is 1. The Balaban J connectivity index is 1.78. The monoisotopic (exact) mass is 301 g/mol. The number of fused-ring (bicyclic) bond motifs is 1. The van der Waals surface area contributed by atoms with Crippen molar-refractivity contribution in [3.8, 4) is 0 Å². The lowest BCUT2D eigenvalue weighted by molar-refractivity contribution is -0.130. The molecular formula is C16H19N3OS. The minimum Gasteiger partial charge on any atom is -0.337 e. The second kappa shape index (κ2) is 5.93. The Bertz CT molecular complexity index is 652. The fourth-order valence-electron chi connectivity index (χ4n) is 2.64. The summed E-state index contributed by atoms with van der Waals surface area (Å²) in [6.07, 6.45) is 4.71. The van der Waals surface area contributed by atoms with Crippen molar-refractivity contribution < 1.29 is 4.79 Å². The summed E-state index contributed by atoms with van der Waals surface area (Å²) in [5, 5.41) is -0.0831. The zero-order chi connectivity index (χ0) is 14.8. The minimum atomic E-state index is -0.0831. The minimum absolute atomic E-state index is 0.0831. The van der Waals surface area contributed by atoms with E-state index in [1.54, 1.807) is 22.9 Å². The molecule has 3 rings (SSSR count). The first kappa shape index (κ1) is 14.2. The van der Waals surface area contributed by atoms with Crippen molar-refractivity contribution in [2.24, 2.45) is 7.05 Å². The number of aromatic nitrogens is 2. The van der Waals surface area contributed by atoms with E-state index in [4.69, 9.17) is 0 Å². The molecule has 1 aromatic heterocycles. The Morgan fingerprint density at radius 3 is 3.05 bits per heavy atom. The van der Waals surface area contributed by atoms with Crippen molar-refractivity contribution >= 4 is 17.7 Å². The third kappa shape index (κ3) is 2.83. The second-order valence-electron chi connectivity index (χ2n) is 5.35. The highest BCUT2D eigenvalue weighted by Gasteiger charge is 2.29. The molecule has 0 aliphatic carbocycles. The Hall–Kier alpha value is -1.75. The zero-order valence-corrected chi connectivity index (χ0v) is 13.1. The number of aryl methyl sites for hydroxylation is 2. The first-order valence-corrected chi connectivity index (χ1v) is 8.12. The molecule has 4 nitrogen and oxygen atoms in total. The lowest BCUT2D eigenvalue weighted by atomic mass is 10.0. The number of nitrogens with zero attached hydrogens (tertiary/aromatic N) is 3. The van der Waals surface area contributed by atoms with Gasteiger partial charge in [-0.25, -0.2) is 4.98 Å². The molecule has 1 aliphatic heterocycles. The van der Waals surface area contributed by atoms with E-state index in [1.807, 2.05) is 37.0 Å². The van der Waals surface area contributed by atoms with Crippen LogP contribution in [-0.4, -0.2) is 33.2 Å². The van der Waals surface area contributed by atoms with Crippen LogP contribution in [0.5, 0.6) is 0 Å². The average molecular weight is 301 g/mol. The van der Waals surface area contributed by atoms with Gasteiger partial charge in [0.05, 0.1) is 6.54 Å². The van der Waals surface area contributed by atoms with E-state index in [-0.39, 0.29) is 11.2 Å². The summed E-state index contributed by atoms with van der Waals surface area (Å²) in [6, 6.07) is 8.28. The average Bonchev–Trinajstić information content (AvgIpc) is 2.91. The molecular weight excluding hydrogens is 282 g/mol. The van der Waals surface area contributed by atoms with Crippen molar-refractivity contribution in [2.45, 2.75) is 18.2 Å². The van der Waals surface area contributed by atoms with E-state index in [0.29, 0.717) is 6.54 Å². The lowest BCUT2D eigenvalue weighted by Gasteiger charge is -2.28. The quantitative estimate of drug-likeness (QED) is 0.874. The van der Waals surface area contributed by atoms with Crippen LogP contribution in [0.2, 0.25) is 0 Å². The molecule has 0 bridgehead atoms. The molecule has 110 valence electrons. The molecule has 0 radical (unpaired) electrons. The fourth-order valence-corrected chi connectivity index (χ4v) is 3.94. The van der Waals surface area contributed by atoms with Gasteiger partial charge in [0.25, 0.3) is 0 Å². The summed E-state index contributed by atoms with van der Waals surface area (Å²) in [4.78, 5) is 18.8. The lowest BCUT2D eigenvalue weighted by Crippen LogP contribution is -2.32. The SMILES string of the molecule is CN(Cc1nccn1C)C(=O)[C@@H]1SCCc2ccccc21. The molecule has 2 aromatic rings. The number of likely N-dealkylation sites (N-methyl/N-ethyl adjacent to an activating group) is 1. The van der Waals surface area contributed by atoms with E-state index < -0.39 is 0 Å². The molecule has 0 fully saturated rings. The van der Waals surface area contributed by atoms with Crippen molar-refractivity contribution in [1.29, 1.82) is 0 Å². The first-order chi connectivity index (χ1) is 10.2. The number of carbonyl (C=O) groups excluding carboxylic acids is 1. The number of rotatable bonds is 3. The van der Waals surface area contributed by atoms with Crippen molar-refractivity contribution in [3.05, 3.63) is 53.6 Å². The van der Waals surface area contributed by atoms with Gasteiger partial charge in [-0.05, 0) is 23.3 Å². The van der Waals surface area contributed by atoms with Crippen LogP contribution in [0, 0.1) is 0 Å². The van der Waals surface area contributed by atoms with Gasteiger partial charge in [0.2, 0.25) is 5.91 Å². The maximum atomic E-state index is 12.8. The van der Waals surface area contributed by atoms with Gasteiger partial charge < -0.3 is 9.47 Å². The largest absolute Gasteiger partial charge is 0.337 e. The molecule has 1 amide bonds. The van der Waals surface area contributed by atoms with Crippen LogP contribution in [0.4, 0.5) is 0 Å². The van der Waals surface area contributed by atoms with Gasteiger partial charge in [-0.1, -0.05) is 24.3 Å². The van der Waals surface area contributed by atoms with Crippen LogP contribution in [0.15, 0.2) is 36.7 Å². The molecule has 1 atom stereocenters. The number of imidazole rings is 1.